The first-order valence-electron chi connectivity index (χ1n) is 6.05. The third kappa shape index (κ3) is 1.31. The Balaban J connectivity index is 1.74. The van der Waals surface area contributed by atoms with E-state index < -0.39 is 11.2 Å². The zero-order chi connectivity index (χ0) is 12.2. The van der Waals surface area contributed by atoms with E-state index >= 15 is 0 Å². The highest BCUT2D eigenvalue weighted by molar-refractivity contribution is 7.91. The van der Waals surface area contributed by atoms with Crippen molar-refractivity contribution in [1.82, 2.24) is 9.97 Å². The lowest BCUT2D eigenvalue weighted by molar-refractivity contribution is 0.408. The summed E-state index contributed by atoms with van der Waals surface area (Å²) in [6.45, 7) is 0.774. The van der Waals surface area contributed by atoms with E-state index in [1.807, 2.05) is 0 Å². The Morgan fingerprint density at radius 3 is 3.06 bits per heavy atom. The van der Waals surface area contributed by atoms with Crippen LogP contribution in [0.3, 0.4) is 0 Å². The summed E-state index contributed by atoms with van der Waals surface area (Å²) in [5, 5.41) is 3.25. The van der Waals surface area contributed by atoms with Crippen molar-refractivity contribution >= 4 is 28.6 Å². The molecular formula is C11H13N5OS. The SMILES string of the molecule is [O-][S+]1CCC2(CC1)CN=C1Nc3cncnc3N12. The molecule has 7 heteroatoms. The maximum Gasteiger partial charge on any atom is 0.205 e. The molecule has 0 unspecified atom stereocenters. The van der Waals surface area contributed by atoms with Gasteiger partial charge >= 0.3 is 0 Å². The van der Waals surface area contributed by atoms with Crippen molar-refractivity contribution in [2.75, 3.05) is 28.3 Å². The van der Waals surface area contributed by atoms with E-state index in [4.69, 9.17) is 0 Å². The molecule has 1 aromatic heterocycles. The minimum absolute atomic E-state index is 0.0180. The molecule has 18 heavy (non-hydrogen) atoms. The van der Waals surface area contributed by atoms with Crippen molar-refractivity contribution < 1.29 is 4.55 Å². The van der Waals surface area contributed by atoms with Crippen LogP contribution in [0.2, 0.25) is 0 Å². The summed E-state index contributed by atoms with van der Waals surface area (Å²) >= 11 is -0.659. The average molecular weight is 263 g/mol. The summed E-state index contributed by atoms with van der Waals surface area (Å²) in [7, 11) is 0. The van der Waals surface area contributed by atoms with Crippen molar-refractivity contribution in [1.29, 1.82) is 0 Å². The summed E-state index contributed by atoms with van der Waals surface area (Å²) in [5.74, 6) is 3.31. The van der Waals surface area contributed by atoms with Crippen LogP contribution in [0, 0.1) is 0 Å². The molecule has 0 amide bonds. The van der Waals surface area contributed by atoms with Crippen LogP contribution in [-0.4, -0.2) is 44.1 Å². The number of fused-ring (bicyclic) bond motifs is 4. The zero-order valence-electron chi connectivity index (χ0n) is 9.80. The Labute approximate surface area is 108 Å². The molecule has 94 valence electrons. The number of nitrogens with one attached hydrogen (secondary N) is 1. The van der Waals surface area contributed by atoms with Crippen LogP contribution in [0.15, 0.2) is 17.5 Å². The average Bonchev–Trinajstić information content (AvgIpc) is 2.92. The third-order valence-corrected chi connectivity index (χ3v) is 5.27. The highest BCUT2D eigenvalue weighted by atomic mass is 32.2. The van der Waals surface area contributed by atoms with Gasteiger partial charge in [-0.1, -0.05) is 11.2 Å². The molecule has 0 bridgehead atoms. The highest BCUT2D eigenvalue weighted by Gasteiger charge is 2.51. The van der Waals surface area contributed by atoms with Gasteiger partial charge < -0.3 is 9.87 Å². The molecule has 0 radical (unpaired) electrons. The first kappa shape index (κ1) is 10.6. The second kappa shape index (κ2) is 3.58. The van der Waals surface area contributed by atoms with Gasteiger partial charge in [0.15, 0.2) is 5.82 Å². The van der Waals surface area contributed by atoms with Crippen molar-refractivity contribution in [3.8, 4) is 0 Å². The number of aromatic nitrogens is 2. The number of anilines is 2. The summed E-state index contributed by atoms with van der Waals surface area (Å²) in [5.41, 5.74) is 0.901. The molecule has 4 heterocycles. The molecule has 0 saturated carbocycles. The molecular weight excluding hydrogens is 250 g/mol. The first-order valence-corrected chi connectivity index (χ1v) is 7.54. The van der Waals surface area contributed by atoms with Gasteiger partial charge in [-0.25, -0.2) is 15.0 Å². The fraction of sp³-hybridized carbons (Fsp3) is 0.545. The predicted molar refractivity (Wildman–Crippen MR) is 70.3 cm³/mol. The van der Waals surface area contributed by atoms with Crippen molar-refractivity contribution in [3.05, 3.63) is 12.5 Å². The van der Waals surface area contributed by atoms with E-state index in [-0.39, 0.29) is 5.54 Å². The van der Waals surface area contributed by atoms with Crippen LogP contribution in [-0.2, 0) is 11.2 Å². The smallest absolute Gasteiger partial charge is 0.205 e. The Morgan fingerprint density at radius 1 is 1.39 bits per heavy atom. The highest BCUT2D eigenvalue weighted by Crippen LogP contribution is 2.43. The number of rotatable bonds is 0. The third-order valence-electron chi connectivity index (χ3n) is 3.95. The number of hydrogen-bond acceptors (Lipinski definition) is 6. The Bertz CT molecular complexity index is 526. The molecule has 1 spiro atoms. The van der Waals surface area contributed by atoms with Crippen LogP contribution in [0.25, 0.3) is 0 Å². The second-order valence-corrected chi connectivity index (χ2v) is 6.63. The predicted octanol–water partition coefficient (Wildman–Crippen LogP) is 0.359. The maximum absolute atomic E-state index is 11.6. The number of nitrogens with zero attached hydrogens (tertiary/aromatic N) is 4. The zero-order valence-corrected chi connectivity index (χ0v) is 10.6. The van der Waals surface area contributed by atoms with E-state index in [1.54, 1.807) is 12.5 Å². The van der Waals surface area contributed by atoms with E-state index in [0.717, 1.165) is 48.4 Å². The molecule has 0 aromatic carbocycles. The molecule has 0 aliphatic carbocycles. The summed E-state index contributed by atoms with van der Waals surface area (Å²) in [6, 6.07) is 0. The molecule has 1 saturated heterocycles. The second-order valence-electron chi connectivity index (χ2n) is 4.93. The standard InChI is InChI=1S/C11H13N5OS/c17-18-3-1-11(2-4-18)6-13-10-15-8-5-12-7-14-9(8)16(10)11/h5,7H,1-4,6H2,(H,13,15). The van der Waals surface area contributed by atoms with E-state index in [9.17, 15) is 4.55 Å². The van der Waals surface area contributed by atoms with Crippen LogP contribution in [0.5, 0.6) is 0 Å². The van der Waals surface area contributed by atoms with Gasteiger partial charge in [0.25, 0.3) is 0 Å². The molecule has 6 nitrogen and oxygen atoms in total. The monoisotopic (exact) mass is 263 g/mol. The first-order chi connectivity index (χ1) is 8.78. The molecule has 3 aliphatic rings. The van der Waals surface area contributed by atoms with Gasteiger partial charge in [-0.2, -0.15) is 0 Å². The lowest BCUT2D eigenvalue weighted by atomic mass is 9.91. The summed E-state index contributed by atoms with van der Waals surface area (Å²) in [6.07, 6.45) is 5.17. The minimum atomic E-state index is -0.659. The largest absolute Gasteiger partial charge is 0.616 e. The van der Waals surface area contributed by atoms with Crippen LogP contribution in [0.1, 0.15) is 12.8 Å². The van der Waals surface area contributed by atoms with Crippen LogP contribution in [0.4, 0.5) is 11.5 Å². The van der Waals surface area contributed by atoms with Gasteiger partial charge in [0.1, 0.15) is 23.5 Å². The molecule has 1 N–H and O–H groups in total. The van der Waals surface area contributed by atoms with Crippen molar-refractivity contribution in [2.24, 2.45) is 4.99 Å². The van der Waals surface area contributed by atoms with Crippen molar-refractivity contribution in [2.45, 2.75) is 18.4 Å². The van der Waals surface area contributed by atoms with Gasteiger partial charge in [0.2, 0.25) is 5.96 Å². The van der Waals surface area contributed by atoms with Crippen molar-refractivity contribution in [3.63, 3.8) is 0 Å². The Kier molecular flexibility index (Phi) is 2.10. The molecule has 0 atom stereocenters. The van der Waals surface area contributed by atoms with Crippen LogP contribution < -0.4 is 10.2 Å². The summed E-state index contributed by atoms with van der Waals surface area (Å²) < 4.78 is 11.6. The van der Waals surface area contributed by atoms with Gasteiger partial charge in [-0.05, 0) is 0 Å². The fourth-order valence-electron chi connectivity index (χ4n) is 2.93. The summed E-state index contributed by atoms with van der Waals surface area (Å²) in [4.78, 5) is 15.2. The van der Waals surface area contributed by atoms with Gasteiger partial charge in [0, 0.05) is 12.8 Å². The topological polar surface area (TPSA) is 76.5 Å². The maximum atomic E-state index is 11.6. The van der Waals surface area contributed by atoms with Gasteiger partial charge in [-0.3, -0.25) is 4.90 Å². The fourth-order valence-corrected chi connectivity index (χ4v) is 4.35. The number of hydrogen-bond donors (Lipinski definition) is 1. The number of aliphatic imine (C=N–C) groups is 1. The lowest BCUT2D eigenvalue weighted by Gasteiger charge is -2.39. The van der Waals surface area contributed by atoms with Gasteiger partial charge in [0.05, 0.1) is 18.3 Å². The van der Waals surface area contributed by atoms with Gasteiger partial charge in [-0.15, -0.1) is 0 Å². The van der Waals surface area contributed by atoms with E-state index in [2.05, 4.69) is 25.2 Å². The lowest BCUT2D eigenvalue weighted by Crippen LogP contribution is -2.53. The Hall–Kier alpha value is -1.34. The molecule has 1 fully saturated rings. The quantitative estimate of drug-likeness (QED) is 0.684. The van der Waals surface area contributed by atoms with Crippen LogP contribution >= 0.6 is 0 Å². The minimum Gasteiger partial charge on any atom is -0.616 e. The molecule has 1 aromatic rings. The Morgan fingerprint density at radius 2 is 2.22 bits per heavy atom. The van der Waals surface area contributed by atoms with E-state index in [0.29, 0.717) is 0 Å². The molecule has 3 aliphatic heterocycles. The van der Waals surface area contributed by atoms with E-state index in [1.165, 1.54) is 0 Å². The number of guanidine groups is 1. The molecule has 4 rings (SSSR count). The normalized spacial score (nSPS) is 33.1.